The summed E-state index contributed by atoms with van der Waals surface area (Å²) in [4.78, 5) is 0. The van der Waals surface area contributed by atoms with Crippen molar-refractivity contribution in [1.29, 1.82) is 0 Å². The van der Waals surface area contributed by atoms with E-state index < -0.39 is 6.10 Å². The Morgan fingerprint density at radius 2 is 1.38 bits per heavy atom. The molecule has 0 saturated heterocycles. The van der Waals surface area contributed by atoms with E-state index in [2.05, 4.69) is 0 Å². The molecule has 44 valence electrons. The SMILES string of the molecule is OCC(O)CO.[Na].[Sb]. The average molecular weight is 237 g/mol. The van der Waals surface area contributed by atoms with E-state index in [0.717, 1.165) is 0 Å². The molecule has 8 heavy (non-hydrogen) atoms. The fourth-order valence-electron chi connectivity index (χ4n) is 0.0577. The Bertz CT molecular complexity index is 33.7. The molecule has 0 spiro atoms. The van der Waals surface area contributed by atoms with Gasteiger partial charge in [-0.15, -0.1) is 0 Å². The summed E-state index contributed by atoms with van der Waals surface area (Å²) in [6.45, 7) is -0.729. The van der Waals surface area contributed by atoms with Gasteiger partial charge in [0.15, 0.2) is 0 Å². The monoisotopic (exact) mass is 236 g/mol. The molecule has 0 amide bonds. The topological polar surface area (TPSA) is 60.7 Å². The molecule has 5 heteroatoms. The molecule has 3 N–H and O–H groups in total. The average Bonchev–Trinajstić information content (AvgIpc) is 1.65. The Morgan fingerprint density at radius 1 is 1.12 bits per heavy atom. The summed E-state index contributed by atoms with van der Waals surface area (Å²) in [6.07, 6.45) is -0.954. The predicted octanol–water partition coefficient (Wildman–Crippen LogP) is -2.43. The molecule has 0 heterocycles. The van der Waals surface area contributed by atoms with Crippen LogP contribution in [0.25, 0.3) is 0 Å². The molecule has 0 aromatic carbocycles. The van der Waals surface area contributed by atoms with Gasteiger partial charge < -0.3 is 15.3 Å². The number of aliphatic hydroxyl groups excluding tert-OH is 3. The maximum atomic E-state index is 8.17. The van der Waals surface area contributed by atoms with Crippen LogP contribution in [0.15, 0.2) is 0 Å². The third-order valence-corrected chi connectivity index (χ3v) is 0.421. The second-order valence-electron chi connectivity index (χ2n) is 1.02. The van der Waals surface area contributed by atoms with Crippen molar-refractivity contribution in [2.24, 2.45) is 0 Å². The Morgan fingerprint density at radius 3 is 1.38 bits per heavy atom. The molecular weight excluding hydrogens is 229 g/mol. The first-order valence-corrected chi connectivity index (χ1v) is 1.71. The smallest absolute Gasteiger partial charge is 0.100 e. The maximum absolute atomic E-state index is 8.17. The van der Waals surface area contributed by atoms with E-state index in [-0.39, 0.29) is 67.2 Å². The van der Waals surface area contributed by atoms with Gasteiger partial charge in [0.1, 0.15) is 6.10 Å². The standard InChI is InChI=1S/C3H8O3.Na.Sb/c4-1-3(6)2-5;;/h3-6H,1-2H2;;. The summed E-state index contributed by atoms with van der Waals surface area (Å²) in [5.41, 5.74) is 0. The number of aliphatic hydroxyl groups is 3. The third-order valence-electron chi connectivity index (χ3n) is 0.421. The zero-order valence-corrected chi connectivity index (χ0v) is 9.33. The summed E-state index contributed by atoms with van der Waals surface area (Å²) in [5.74, 6) is 0. The molecule has 0 aromatic heterocycles. The van der Waals surface area contributed by atoms with E-state index in [9.17, 15) is 0 Å². The van der Waals surface area contributed by atoms with Crippen LogP contribution in [-0.2, 0) is 0 Å². The zero-order valence-electron chi connectivity index (χ0n) is 4.78. The third kappa shape index (κ3) is 10.6. The number of hydrogen-bond acceptors (Lipinski definition) is 3. The zero-order chi connectivity index (χ0) is 4.99. The van der Waals surface area contributed by atoms with E-state index in [1.165, 1.54) is 0 Å². The normalized spacial score (nSPS) is 7.50. The molecule has 0 aromatic rings. The van der Waals surface area contributed by atoms with Crippen molar-refractivity contribution in [1.82, 2.24) is 0 Å². The van der Waals surface area contributed by atoms with Crippen molar-refractivity contribution in [3.63, 3.8) is 0 Å². The van der Waals surface area contributed by atoms with Crippen LogP contribution in [0.3, 0.4) is 0 Å². The first kappa shape index (κ1) is 16.4. The molecule has 0 aliphatic carbocycles. The number of hydrogen-bond donors (Lipinski definition) is 3. The quantitative estimate of drug-likeness (QED) is 0.468. The molecular formula is C3H8NaO3Sb. The van der Waals surface area contributed by atoms with Crippen LogP contribution < -0.4 is 0 Å². The van der Waals surface area contributed by atoms with Crippen molar-refractivity contribution in [3.05, 3.63) is 0 Å². The second-order valence-corrected chi connectivity index (χ2v) is 1.02. The summed E-state index contributed by atoms with van der Waals surface area (Å²) in [5, 5.41) is 24.0. The van der Waals surface area contributed by atoms with Crippen LogP contribution in [-0.4, -0.2) is 88.6 Å². The molecule has 0 aliphatic rings. The molecule has 3 nitrogen and oxygen atoms in total. The maximum Gasteiger partial charge on any atom is 0.100 e. The minimum atomic E-state index is -0.954. The van der Waals surface area contributed by atoms with Gasteiger partial charge in [-0.05, 0) is 0 Å². The molecule has 0 unspecified atom stereocenters. The van der Waals surface area contributed by atoms with Crippen molar-refractivity contribution < 1.29 is 15.3 Å². The molecule has 0 saturated carbocycles. The van der Waals surface area contributed by atoms with Crippen molar-refractivity contribution in [2.75, 3.05) is 13.2 Å². The molecule has 4 radical (unpaired) electrons. The van der Waals surface area contributed by atoms with Crippen LogP contribution in [0.4, 0.5) is 0 Å². The summed E-state index contributed by atoms with van der Waals surface area (Å²) in [6, 6.07) is 0. The summed E-state index contributed by atoms with van der Waals surface area (Å²) < 4.78 is 0. The van der Waals surface area contributed by atoms with E-state index in [0.29, 0.717) is 0 Å². The molecule has 0 fully saturated rings. The first-order chi connectivity index (χ1) is 2.81. The fourth-order valence-corrected chi connectivity index (χ4v) is 0.0577. The predicted molar refractivity (Wildman–Crippen MR) is 31.7 cm³/mol. The van der Waals surface area contributed by atoms with Crippen molar-refractivity contribution in [3.8, 4) is 0 Å². The Balaban J connectivity index is -0.000000125. The van der Waals surface area contributed by atoms with Gasteiger partial charge in [0.2, 0.25) is 0 Å². The minimum absolute atomic E-state index is 0. The fraction of sp³-hybridized carbons (Fsp3) is 1.00. The van der Waals surface area contributed by atoms with Gasteiger partial charge in [-0.2, -0.15) is 0 Å². The van der Waals surface area contributed by atoms with Crippen LogP contribution in [0, 0.1) is 0 Å². The first-order valence-electron chi connectivity index (χ1n) is 1.71. The molecule has 0 bridgehead atoms. The summed E-state index contributed by atoms with van der Waals surface area (Å²) in [7, 11) is 0. The van der Waals surface area contributed by atoms with E-state index >= 15 is 0 Å². The molecule has 0 atom stereocenters. The number of rotatable bonds is 2. The molecule has 0 aliphatic heterocycles. The Hall–Kier alpha value is 1.70. The van der Waals surface area contributed by atoms with E-state index in [4.69, 9.17) is 15.3 Å². The van der Waals surface area contributed by atoms with Gasteiger partial charge in [-0.25, -0.2) is 0 Å². The Kier molecular flexibility index (Phi) is 23.5. The minimum Gasteiger partial charge on any atom is -0.394 e. The van der Waals surface area contributed by atoms with Gasteiger partial charge in [0.25, 0.3) is 0 Å². The van der Waals surface area contributed by atoms with Crippen LogP contribution >= 0.6 is 0 Å². The van der Waals surface area contributed by atoms with Crippen molar-refractivity contribution >= 4 is 54.0 Å². The molecule has 0 rings (SSSR count). The van der Waals surface area contributed by atoms with Gasteiger partial charge in [0.05, 0.1) is 13.2 Å². The second kappa shape index (κ2) is 11.5. The van der Waals surface area contributed by atoms with E-state index in [1.807, 2.05) is 0 Å². The largest absolute Gasteiger partial charge is 0.394 e. The van der Waals surface area contributed by atoms with Crippen LogP contribution in [0.1, 0.15) is 0 Å². The summed E-state index contributed by atoms with van der Waals surface area (Å²) >= 11 is 0. The van der Waals surface area contributed by atoms with Crippen LogP contribution in [0.5, 0.6) is 0 Å². The van der Waals surface area contributed by atoms with Gasteiger partial charge >= 0.3 is 0 Å². The van der Waals surface area contributed by atoms with Gasteiger partial charge in [-0.3, -0.25) is 0 Å². The van der Waals surface area contributed by atoms with Gasteiger partial charge in [0, 0.05) is 54.0 Å². The van der Waals surface area contributed by atoms with E-state index in [1.54, 1.807) is 0 Å². The van der Waals surface area contributed by atoms with Crippen LogP contribution in [0.2, 0.25) is 0 Å². The van der Waals surface area contributed by atoms with Gasteiger partial charge in [-0.1, -0.05) is 0 Å². The van der Waals surface area contributed by atoms with Crippen molar-refractivity contribution in [2.45, 2.75) is 6.10 Å². The Labute approximate surface area is 87.8 Å².